The third-order valence-electron chi connectivity index (χ3n) is 9.21. The highest BCUT2D eigenvalue weighted by atomic mass is 32.2. The fraction of sp³-hybridized carbons (Fsp3) is 0.422. The molecule has 4 atom stereocenters. The Labute approximate surface area is 352 Å². The van der Waals surface area contributed by atoms with Crippen molar-refractivity contribution in [3.63, 3.8) is 0 Å². The standard InChI is InChI=1S/C45H54F2O10S2/c1-25(2)37-19-35(21-39(27-7-11-29(46)12-8-27)43(37)56-23-33(50)15-31(48)17-41(52)53)58-45(5,6)59-36-20-38(26(3)4)44(40(22-36)28-9-13-30(47)14-10-28)57-24-34(51)16-32(49)18-42(54)55/h7-14,19-22,25-26,31-34,48-51H,15-18,23-24H2,1-6H3,(H,52,53)(H,54,55)/t31-,32-,33+,34+/m1/s1. The number of ether oxygens (including phenoxy) is 2. The van der Waals surface area contributed by atoms with Crippen LogP contribution in [0.15, 0.2) is 82.6 Å². The van der Waals surface area contributed by atoms with Crippen LogP contribution in [0.4, 0.5) is 8.78 Å². The predicted octanol–water partition coefficient (Wildman–Crippen LogP) is 9.10. The molecule has 10 nitrogen and oxygen atoms in total. The van der Waals surface area contributed by atoms with Gasteiger partial charge in [-0.15, -0.1) is 23.5 Å². The van der Waals surface area contributed by atoms with Gasteiger partial charge >= 0.3 is 11.9 Å². The summed E-state index contributed by atoms with van der Waals surface area (Å²) in [5.41, 5.74) is 4.34. The van der Waals surface area contributed by atoms with E-state index in [1.807, 2.05) is 52.0 Å². The first kappa shape index (κ1) is 47.5. The molecule has 0 aromatic heterocycles. The average Bonchev–Trinajstić information content (AvgIpc) is 3.12. The molecule has 0 saturated heterocycles. The van der Waals surface area contributed by atoms with Gasteiger partial charge in [0.1, 0.15) is 36.3 Å². The monoisotopic (exact) mass is 856 g/mol. The fourth-order valence-electron chi connectivity index (χ4n) is 6.51. The van der Waals surface area contributed by atoms with E-state index in [0.717, 1.165) is 20.9 Å². The lowest BCUT2D eigenvalue weighted by Crippen LogP contribution is -2.26. The lowest BCUT2D eigenvalue weighted by atomic mass is 9.95. The Morgan fingerprint density at radius 3 is 1.24 bits per heavy atom. The Hall–Kier alpha value is -4.18. The number of carbonyl (C=O) groups is 2. The van der Waals surface area contributed by atoms with E-state index in [1.54, 1.807) is 47.8 Å². The molecule has 0 heterocycles. The maximum absolute atomic E-state index is 14.1. The van der Waals surface area contributed by atoms with Crippen LogP contribution in [0.5, 0.6) is 11.5 Å². The fourth-order valence-corrected chi connectivity index (χ4v) is 9.12. The van der Waals surface area contributed by atoms with Gasteiger partial charge < -0.3 is 40.1 Å². The van der Waals surface area contributed by atoms with Crippen LogP contribution >= 0.6 is 23.5 Å². The zero-order chi connectivity index (χ0) is 43.6. The van der Waals surface area contributed by atoms with Crippen LogP contribution in [0.2, 0.25) is 0 Å². The molecule has 320 valence electrons. The van der Waals surface area contributed by atoms with Crippen molar-refractivity contribution in [1.82, 2.24) is 0 Å². The van der Waals surface area contributed by atoms with E-state index in [4.69, 9.17) is 19.7 Å². The Morgan fingerprint density at radius 1 is 0.593 bits per heavy atom. The Kier molecular flexibility index (Phi) is 17.2. The van der Waals surface area contributed by atoms with E-state index in [2.05, 4.69) is 13.8 Å². The maximum Gasteiger partial charge on any atom is 0.305 e. The molecule has 0 unspecified atom stereocenters. The molecule has 14 heteroatoms. The van der Waals surface area contributed by atoms with Gasteiger partial charge in [-0.2, -0.15) is 0 Å². The summed E-state index contributed by atoms with van der Waals surface area (Å²) in [5.74, 6) is -2.31. The van der Waals surface area contributed by atoms with Gasteiger partial charge in [0.15, 0.2) is 0 Å². The van der Waals surface area contributed by atoms with Gasteiger partial charge in [-0.25, -0.2) is 8.78 Å². The van der Waals surface area contributed by atoms with Gasteiger partial charge in [0.25, 0.3) is 0 Å². The number of hydrogen-bond donors (Lipinski definition) is 6. The van der Waals surface area contributed by atoms with Crippen molar-refractivity contribution in [2.24, 2.45) is 0 Å². The molecule has 0 amide bonds. The zero-order valence-corrected chi connectivity index (χ0v) is 35.7. The molecule has 0 aliphatic carbocycles. The van der Waals surface area contributed by atoms with Gasteiger partial charge in [0, 0.05) is 33.8 Å². The van der Waals surface area contributed by atoms with Gasteiger partial charge in [-0.3, -0.25) is 9.59 Å². The van der Waals surface area contributed by atoms with Crippen LogP contribution in [-0.4, -0.2) is 84.3 Å². The van der Waals surface area contributed by atoms with Gasteiger partial charge in [0.2, 0.25) is 0 Å². The topological polar surface area (TPSA) is 174 Å². The Balaban J connectivity index is 1.70. The van der Waals surface area contributed by atoms with Crippen molar-refractivity contribution >= 4 is 35.5 Å². The van der Waals surface area contributed by atoms with Gasteiger partial charge in [-0.1, -0.05) is 52.0 Å². The van der Waals surface area contributed by atoms with E-state index in [1.165, 1.54) is 24.3 Å². The van der Waals surface area contributed by atoms with Crippen LogP contribution in [0.3, 0.4) is 0 Å². The second-order valence-electron chi connectivity index (χ2n) is 15.6. The number of hydrogen-bond acceptors (Lipinski definition) is 10. The number of rotatable bonds is 22. The molecule has 4 aromatic rings. The first-order valence-corrected chi connectivity index (χ1v) is 21.0. The molecule has 0 aliphatic heterocycles. The highest BCUT2D eigenvalue weighted by Crippen LogP contribution is 2.50. The van der Waals surface area contributed by atoms with Crippen LogP contribution in [0, 0.1) is 11.6 Å². The third-order valence-corrected chi connectivity index (χ3v) is 11.6. The minimum atomic E-state index is -1.25. The molecule has 4 rings (SSSR count). The average molecular weight is 857 g/mol. The SMILES string of the molecule is CC(C)c1cc(SC(C)(C)Sc2cc(-c3ccc(F)cc3)c(OC[C@@H](O)C[C@@H](O)CC(=O)O)c(C(C)C)c2)cc(-c2ccc(F)cc2)c1OC[C@@H](O)C[C@@H](O)CC(=O)O. The van der Waals surface area contributed by atoms with E-state index in [9.17, 15) is 38.8 Å². The number of aliphatic carboxylic acids is 2. The summed E-state index contributed by atoms with van der Waals surface area (Å²) in [6.07, 6.45) is -6.19. The lowest BCUT2D eigenvalue weighted by Gasteiger charge is -2.28. The highest BCUT2D eigenvalue weighted by Gasteiger charge is 2.28. The van der Waals surface area contributed by atoms with Crippen molar-refractivity contribution in [2.45, 2.75) is 117 Å². The summed E-state index contributed by atoms with van der Waals surface area (Å²) < 4.78 is 40.2. The maximum atomic E-state index is 14.1. The third kappa shape index (κ3) is 14.5. The summed E-state index contributed by atoms with van der Waals surface area (Å²) in [4.78, 5) is 23.8. The highest BCUT2D eigenvalue weighted by molar-refractivity contribution is 8.18. The minimum absolute atomic E-state index is 0.0476. The summed E-state index contributed by atoms with van der Waals surface area (Å²) >= 11 is 3.19. The molecule has 4 aromatic carbocycles. The number of aliphatic hydroxyl groups is 4. The largest absolute Gasteiger partial charge is 0.490 e. The number of aliphatic hydroxyl groups excluding tert-OH is 4. The molecule has 0 fully saturated rings. The first-order valence-electron chi connectivity index (χ1n) is 19.4. The van der Waals surface area contributed by atoms with Crippen LogP contribution in [0.25, 0.3) is 22.3 Å². The van der Waals surface area contributed by atoms with Crippen LogP contribution in [-0.2, 0) is 9.59 Å². The Bertz CT molecular complexity index is 1880. The van der Waals surface area contributed by atoms with Crippen molar-refractivity contribution in [3.8, 4) is 33.8 Å². The van der Waals surface area contributed by atoms with Crippen molar-refractivity contribution in [2.75, 3.05) is 13.2 Å². The van der Waals surface area contributed by atoms with Crippen LogP contribution < -0.4 is 9.47 Å². The van der Waals surface area contributed by atoms with E-state index in [0.29, 0.717) is 33.8 Å². The second kappa shape index (κ2) is 21.4. The summed E-state index contributed by atoms with van der Waals surface area (Å²) in [7, 11) is 0. The van der Waals surface area contributed by atoms with Gasteiger partial charge in [0.05, 0.1) is 41.3 Å². The van der Waals surface area contributed by atoms with Crippen LogP contribution in [0.1, 0.15) is 90.2 Å². The molecule has 0 aliphatic rings. The van der Waals surface area contributed by atoms with Gasteiger partial charge in [-0.05, 0) is 96.5 Å². The summed E-state index contributed by atoms with van der Waals surface area (Å²) in [6.45, 7) is 11.7. The normalized spacial score (nSPS) is 13.9. The first-order chi connectivity index (χ1) is 27.7. The molecule has 59 heavy (non-hydrogen) atoms. The molecule has 0 radical (unpaired) electrons. The molecule has 0 spiro atoms. The van der Waals surface area contributed by atoms with Crippen molar-refractivity contribution in [3.05, 3.63) is 95.6 Å². The molecule has 6 N–H and O–H groups in total. The zero-order valence-electron chi connectivity index (χ0n) is 34.0. The molecule has 0 saturated carbocycles. The minimum Gasteiger partial charge on any atom is -0.490 e. The quantitative estimate of drug-likeness (QED) is 0.0328. The smallest absolute Gasteiger partial charge is 0.305 e. The second-order valence-corrected chi connectivity index (χ2v) is 19.3. The summed E-state index contributed by atoms with van der Waals surface area (Å²) in [5, 5.41) is 59.5. The number of thioether (sulfide) groups is 2. The number of benzene rings is 4. The molecular weight excluding hydrogens is 803 g/mol. The number of carboxylic acids is 2. The number of halogens is 2. The van der Waals surface area contributed by atoms with E-state index in [-0.39, 0.29) is 37.9 Å². The predicted molar refractivity (Wildman–Crippen MR) is 226 cm³/mol. The van der Waals surface area contributed by atoms with Crippen molar-refractivity contribution < 1.29 is 58.5 Å². The molecule has 0 bridgehead atoms. The van der Waals surface area contributed by atoms with Crippen molar-refractivity contribution in [1.29, 1.82) is 0 Å². The number of carboxylic acid groups (broad SMARTS) is 2. The van der Waals surface area contributed by atoms with E-state index < -0.39 is 64.9 Å². The lowest BCUT2D eigenvalue weighted by molar-refractivity contribution is -0.140. The Morgan fingerprint density at radius 2 is 0.932 bits per heavy atom. The summed E-state index contributed by atoms with van der Waals surface area (Å²) in [6, 6.07) is 19.9. The van der Waals surface area contributed by atoms with E-state index >= 15 is 0 Å². The molecular formula is C45H54F2O10S2.